The number of ether oxygens (including phenoxy) is 1. The smallest absolute Gasteiger partial charge is 0.410 e. The van der Waals surface area contributed by atoms with Crippen LogP contribution in [0, 0.1) is 0 Å². The molecule has 0 aliphatic carbocycles. The minimum Gasteiger partial charge on any atom is -0.433 e. The van der Waals surface area contributed by atoms with E-state index in [0.29, 0.717) is 42.2 Å². The van der Waals surface area contributed by atoms with Gasteiger partial charge in [0.15, 0.2) is 15.8 Å². The zero-order valence-electron chi connectivity index (χ0n) is 13.7. The molecular formula is C15H20ClN3O5S. The summed E-state index contributed by atoms with van der Waals surface area (Å²) in [7, 11) is -3.37. The summed E-state index contributed by atoms with van der Waals surface area (Å²) in [5.74, 6) is -0.902. The van der Waals surface area contributed by atoms with Gasteiger partial charge >= 0.3 is 6.09 Å². The Kier molecular flexibility index (Phi) is 6.12. The number of piperidine rings is 1. The Morgan fingerprint density at radius 3 is 2.56 bits per heavy atom. The Morgan fingerprint density at radius 1 is 1.36 bits per heavy atom. The van der Waals surface area contributed by atoms with E-state index in [0.717, 1.165) is 6.26 Å². The van der Waals surface area contributed by atoms with Crippen LogP contribution >= 0.6 is 11.6 Å². The molecule has 0 saturated carbocycles. The highest BCUT2D eigenvalue weighted by Gasteiger charge is 2.25. The minimum atomic E-state index is -3.37. The molecule has 138 valence electrons. The summed E-state index contributed by atoms with van der Waals surface area (Å²) in [5, 5.41) is 3.20. The Bertz CT molecular complexity index is 760. The molecule has 2 rings (SSSR count). The first-order valence-corrected chi connectivity index (χ1v) is 10.0. The van der Waals surface area contributed by atoms with Crippen molar-refractivity contribution in [1.29, 1.82) is 0 Å². The molecule has 25 heavy (non-hydrogen) atoms. The minimum absolute atomic E-state index is 0.0946. The molecule has 0 radical (unpaired) electrons. The highest BCUT2D eigenvalue weighted by molar-refractivity contribution is 7.90. The number of sulfone groups is 1. The van der Waals surface area contributed by atoms with E-state index in [1.54, 1.807) is 12.1 Å². The predicted molar refractivity (Wildman–Crippen MR) is 94.1 cm³/mol. The maximum atomic E-state index is 12.2. The van der Waals surface area contributed by atoms with Gasteiger partial charge in [-0.1, -0.05) is 11.6 Å². The van der Waals surface area contributed by atoms with Crippen LogP contribution in [0.3, 0.4) is 0 Å². The molecule has 0 spiro atoms. The lowest BCUT2D eigenvalue weighted by Gasteiger charge is -2.31. The zero-order chi connectivity index (χ0) is 18.6. The molecule has 0 bridgehead atoms. The molecule has 1 aliphatic rings. The number of rotatable bonds is 4. The maximum Gasteiger partial charge on any atom is 0.410 e. The Morgan fingerprint density at radius 2 is 2.00 bits per heavy atom. The zero-order valence-corrected chi connectivity index (χ0v) is 15.3. The van der Waals surface area contributed by atoms with E-state index in [-0.39, 0.29) is 11.9 Å². The molecule has 1 saturated heterocycles. The van der Waals surface area contributed by atoms with E-state index in [1.165, 1.54) is 11.0 Å². The molecule has 8 nitrogen and oxygen atoms in total. The average molecular weight is 390 g/mol. The predicted octanol–water partition coefficient (Wildman–Crippen LogP) is 1.26. The van der Waals surface area contributed by atoms with Gasteiger partial charge in [-0.05, 0) is 31.0 Å². The van der Waals surface area contributed by atoms with Crippen molar-refractivity contribution in [1.82, 2.24) is 10.2 Å². The fraction of sp³-hybridized carbons (Fsp3) is 0.467. The summed E-state index contributed by atoms with van der Waals surface area (Å²) >= 11 is 5.91. The van der Waals surface area contributed by atoms with Crippen molar-refractivity contribution in [3.63, 3.8) is 0 Å². The van der Waals surface area contributed by atoms with Crippen LogP contribution in [0.5, 0.6) is 0 Å². The van der Waals surface area contributed by atoms with Crippen LogP contribution in [-0.2, 0) is 14.6 Å². The van der Waals surface area contributed by atoms with Crippen LogP contribution in [0.2, 0.25) is 5.02 Å². The number of benzene rings is 1. The van der Waals surface area contributed by atoms with Crippen molar-refractivity contribution in [3.05, 3.63) is 28.8 Å². The number of amides is 2. The van der Waals surface area contributed by atoms with Crippen LogP contribution in [0.25, 0.3) is 0 Å². The molecule has 10 heteroatoms. The number of carbonyl (C=O) groups is 2. The number of nitrogens with one attached hydrogen (secondary N) is 1. The molecule has 1 aromatic carbocycles. The maximum absolute atomic E-state index is 12.2. The molecule has 0 atom stereocenters. The van der Waals surface area contributed by atoms with Gasteiger partial charge in [0.05, 0.1) is 10.7 Å². The second kappa shape index (κ2) is 7.92. The lowest BCUT2D eigenvalue weighted by Crippen LogP contribution is -2.46. The van der Waals surface area contributed by atoms with Crippen molar-refractivity contribution in [2.75, 3.05) is 31.0 Å². The largest absolute Gasteiger partial charge is 0.433 e. The number of halogens is 1. The van der Waals surface area contributed by atoms with Gasteiger partial charge in [-0.15, -0.1) is 0 Å². The van der Waals surface area contributed by atoms with Crippen LogP contribution < -0.4 is 11.1 Å². The van der Waals surface area contributed by atoms with Crippen molar-refractivity contribution in [2.45, 2.75) is 18.9 Å². The topological polar surface area (TPSA) is 119 Å². The molecule has 3 N–H and O–H groups in total. The molecule has 1 aliphatic heterocycles. The van der Waals surface area contributed by atoms with Gasteiger partial charge < -0.3 is 20.7 Å². The highest BCUT2D eigenvalue weighted by Crippen LogP contribution is 2.20. The lowest BCUT2D eigenvalue weighted by molar-refractivity contribution is 0.0883. The van der Waals surface area contributed by atoms with Crippen LogP contribution in [-0.4, -0.2) is 56.6 Å². The second-order valence-corrected chi connectivity index (χ2v) is 8.42. The molecule has 1 fully saturated rings. The monoisotopic (exact) mass is 389 g/mol. The Balaban J connectivity index is 1.82. The lowest BCUT2D eigenvalue weighted by atomic mass is 10.0. The molecule has 1 aromatic rings. The summed E-state index contributed by atoms with van der Waals surface area (Å²) in [6.07, 6.45) is 1.41. The number of nitrogens with two attached hydrogens (primary N) is 1. The van der Waals surface area contributed by atoms with Crippen molar-refractivity contribution >= 4 is 39.1 Å². The van der Waals surface area contributed by atoms with Crippen LogP contribution in [0.4, 0.5) is 10.5 Å². The van der Waals surface area contributed by atoms with E-state index < -0.39 is 21.9 Å². The third kappa shape index (κ3) is 5.79. The van der Waals surface area contributed by atoms with Gasteiger partial charge in [0.25, 0.3) is 5.91 Å². The van der Waals surface area contributed by atoms with Gasteiger partial charge in [-0.25, -0.2) is 13.2 Å². The number of nitrogens with zero attached hydrogens (tertiary/aromatic N) is 1. The van der Waals surface area contributed by atoms with Crippen molar-refractivity contribution in [2.24, 2.45) is 0 Å². The Labute approximate surface area is 151 Å². The van der Waals surface area contributed by atoms with Gasteiger partial charge in [0, 0.05) is 31.0 Å². The van der Waals surface area contributed by atoms with Gasteiger partial charge in [-0.3, -0.25) is 4.79 Å². The van der Waals surface area contributed by atoms with Gasteiger partial charge in [0.2, 0.25) is 0 Å². The van der Waals surface area contributed by atoms with E-state index >= 15 is 0 Å². The number of likely N-dealkylation sites (tertiary alicyclic amines) is 1. The summed E-state index contributed by atoms with van der Waals surface area (Å²) < 4.78 is 26.8. The summed E-state index contributed by atoms with van der Waals surface area (Å²) in [5.41, 5.74) is 6.43. The number of nitrogen functional groups attached to an aromatic ring is 1. The summed E-state index contributed by atoms with van der Waals surface area (Å²) in [6, 6.07) is 4.57. The van der Waals surface area contributed by atoms with E-state index in [4.69, 9.17) is 22.1 Å². The molecule has 0 aromatic heterocycles. The van der Waals surface area contributed by atoms with Crippen LogP contribution in [0.1, 0.15) is 23.2 Å². The number of anilines is 1. The van der Waals surface area contributed by atoms with Gasteiger partial charge in [0.1, 0.15) is 0 Å². The summed E-state index contributed by atoms with van der Waals surface area (Å²) in [4.78, 5) is 25.4. The first kappa shape index (κ1) is 19.3. The normalized spacial score (nSPS) is 15.7. The molecular weight excluding hydrogens is 370 g/mol. The van der Waals surface area contributed by atoms with Crippen molar-refractivity contribution in [3.8, 4) is 0 Å². The molecule has 0 unspecified atom stereocenters. The molecule has 2 amide bonds. The fourth-order valence-corrected chi connectivity index (χ4v) is 2.89. The SMILES string of the molecule is CS(=O)(=O)COC(=O)N1CCC(NC(=O)c2ccc(N)c(Cl)c2)CC1. The molecule has 1 heterocycles. The van der Waals surface area contributed by atoms with E-state index in [1.807, 2.05) is 0 Å². The van der Waals surface area contributed by atoms with E-state index in [2.05, 4.69) is 5.32 Å². The van der Waals surface area contributed by atoms with Crippen LogP contribution in [0.15, 0.2) is 18.2 Å². The number of hydrogen-bond donors (Lipinski definition) is 2. The first-order valence-electron chi connectivity index (χ1n) is 7.61. The highest BCUT2D eigenvalue weighted by atomic mass is 35.5. The average Bonchev–Trinajstić information content (AvgIpc) is 2.55. The third-order valence-corrected chi connectivity index (χ3v) is 4.62. The standard InChI is InChI=1S/C15H20ClN3O5S/c1-25(22,23)9-24-15(21)19-6-4-11(5-7-19)18-14(20)10-2-3-13(17)12(16)8-10/h2-3,8,11H,4-7,9,17H2,1H3,(H,18,20). The third-order valence-electron chi connectivity index (χ3n) is 3.75. The van der Waals surface area contributed by atoms with Crippen molar-refractivity contribution < 1.29 is 22.7 Å². The number of hydrogen-bond acceptors (Lipinski definition) is 6. The van der Waals surface area contributed by atoms with Gasteiger partial charge in [-0.2, -0.15) is 0 Å². The number of carbonyl (C=O) groups excluding carboxylic acids is 2. The quantitative estimate of drug-likeness (QED) is 0.748. The summed E-state index contributed by atoms with van der Waals surface area (Å²) in [6.45, 7) is 0.742. The van der Waals surface area contributed by atoms with E-state index in [9.17, 15) is 18.0 Å². The fourth-order valence-electron chi connectivity index (χ4n) is 2.39. The Hall–Kier alpha value is -2.00. The second-order valence-electron chi connectivity index (χ2n) is 5.92. The first-order chi connectivity index (χ1) is 11.7.